The highest BCUT2D eigenvalue weighted by Gasteiger charge is 2.21. The second-order valence-corrected chi connectivity index (χ2v) is 8.82. The third-order valence-electron chi connectivity index (χ3n) is 5.37. The van der Waals surface area contributed by atoms with E-state index in [-0.39, 0.29) is 5.48 Å². The van der Waals surface area contributed by atoms with E-state index in [0.717, 1.165) is 51.2 Å². The van der Waals surface area contributed by atoms with E-state index in [4.69, 9.17) is 29.0 Å². The zero-order chi connectivity index (χ0) is 24.1. The van der Waals surface area contributed by atoms with E-state index < -0.39 is 10.4 Å². The normalized spacial score (nSPS) is 20.1. The van der Waals surface area contributed by atoms with Crippen LogP contribution in [0.3, 0.4) is 0 Å². The Hall–Kier alpha value is -2.49. The van der Waals surface area contributed by atoms with Gasteiger partial charge in [-0.1, -0.05) is 0 Å². The first-order valence-electron chi connectivity index (χ1n) is 10.9. The lowest BCUT2D eigenvalue weighted by Gasteiger charge is -2.31. The van der Waals surface area contributed by atoms with Crippen LogP contribution in [0.1, 0.15) is 25.7 Å². The molecule has 0 spiro atoms. The fraction of sp³-hybridized carbons (Fsp3) is 0.600. The predicted octanol–water partition coefficient (Wildman–Crippen LogP) is -0.174. The van der Waals surface area contributed by atoms with Crippen LogP contribution in [0.25, 0.3) is 0 Å². The van der Waals surface area contributed by atoms with Gasteiger partial charge in [0.25, 0.3) is 0 Å². The Balaban J connectivity index is 0.000000278. The van der Waals surface area contributed by atoms with Crippen LogP contribution in [0.15, 0.2) is 36.9 Å². The van der Waals surface area contributed by atoms with Crippen molar-refractivity contribution in [2.24, 2.45) is 23.3 Å². The van der Waals surface area contributed by atoms with E-state index in [1.54, 1.807) is 24.8 Å². The predicted molar refractivity (Wildman–Crippen MR) is 130 cm³/mol. The van der Waals surface area contributed by atoms with Gasteiger partial charge in [-0.2, -0.15) is 8.42 Å². The maximum absolute atomic E-state index is 8.74. The monoisotopic (exact) mass is 500 g/mol. The highest BCUT2D eigenvalue weighted by molar-refractivity contribution is 7.79. The molecule has 14 heteroatoms. The van der Waals surface area contributed by atoms with Crippen LogP contribution in [0.2, 0.25) is 0 Å². The summed E-state index contributed by atoms with van der Waals surface area (Å²) < 4.78 is 31.6. The van der Waals surface area contributed by atoms with Crippen molar-refractivity contribution in [1.82, 2.24) is 19.9 Å². The highest BCUT2D eigenvalue weighted by atomic mass is 32.3. The summed E-state index contributed by atoms with van der Waals surface area (Å²) in [4.78, 5) is 21.4. The molecule has 2 aliphatic rings. The number of hydrogen-bond donors (Lipinski definition) is 4. The van der Waals surface area contributed by atoms with Crippen molar-refractivity contribution >= 4 is 22.3 Å². The molecule has 2 aliphatic heterocycles. The molecular weight excluding hydrogens is 464 g/mol. The van der Waals surface area contributed by atoms with Crippen LogP contribution in [-0.4, -0.2) is 82.2 Å². The Morgan fingerprint density at radius 2 is 1.12 bits per heavy atom. The third kappa shape index (κ3) is 11.6. The van der Waals surface area contributed by atoms with Crippen LogP contribution in [-0.2, 0) is 10.4 Å². The zero-order valence-electron chi connectivity index (χ0n) is 19.1. The number of aromatic nitrogens is 4. The van der Waals surface area contributed by atoms with Gasteiger partial charge in [-0.15, -0.1) is 0 Å². The van der Waals surface area contributed by atoms with Gasteiger partial charge in [0.1, 0.15) is 0 Å². The van der Waals surface area contributed by atoms with Crippen LogP contribution in [0, 0.1) is 11.8 Å². The molecule has 0 amide bonds. The molecule has 0 radical (unpaired) electrons. The smallest absolute Gasteiger partial charge is 0.394 e. The van der Waals surface area contributed by atoms with Crippen molar-refractivity contribution in [2.45, 2.75) is 25.7 Å². The highest BCUT2D eigenvalue weighted by Crippen LogP contribution is 2.19. The fourth-order valence-electron chi connectivity index (χ4n) is 3.79. The standard InChI is InChI=1S/2C10H16N4.H2O4S.H2O/c2*11-7-9-3-1-6-14(8-9)10-12-4-2-5-13-10;1-5(2,3)4;/h2*2,4-5,9H,1,3,6-8,11H2;(H2,1,2,3,4);1H2. The summed E-state index contributed by atoms with van der Waals surface area (Å²) in [7, 11) is -4.67. The lowest BCUT2D eigenvalue weighted by Crippen LogP contribution is -2.39. The molecule has 8 N–H and O–H groups in total. The van der Waals surface area contributed by atoms with Crippen LogP contribution < -0.4 is 21.3 Å². The second-order valence-electron chi connectivity index (χ2n) is 7.93. The molecule has 2 aromatic heterocycles. The molecule has 0 aromatic carbocycles. The van der Waals surface area contributed by atoms with Crippen molar-refractivity contribution in [3.8, 4) is 0 Å². The van der Waals surface area contributed by atoms with E-state index in [1.807, 2.05) is 12.1 Å². The van der Waals surface area contributed by atoms with Gasteiger partial charge in [-0.3, -0.25) is 9.11 Å². The van der Waals surface area contributed by atoms with Gasteiger partial charge in [0.2, 0.25) is 11.9 Å². The molecule has 2 atom stereocenters. The lowest BCUT2D eigenvalue weighted by molar-refractivity contribution is 0.381. The molecule has 192 valence electrons. The Morgan fingerprint density at radius 3 is 1.41 bits per heavy atom. The molecule has 2 unspecified atom stereocenters. The molecule has 0 aliphatic carbocycles. The van der Waals surface area contributed by atoms with Crippen molar-refractivity contribution in [3.63, 3.8) is 0 Å². The Bertz CT molecular complexity index is 827. The van der Waals surface area contributed by atoms with Gasteiger partial charge in [0.15, 0.2) is 0 Å². The average Bonchev–Trinajstić information content (AvgIpc) is 2.84. The van der Waals surface area contributed by atoms with E-state index in [2.05, 4.69) is 29.7 Å². The first kappa shape index (κ1) is 29.5. The number of anilines is 2. The quantitative estimate of drug-likeness (QED) is 0.402. The Labute approximate surface area is 200 Å². The molecule has 34 heavy (non-hydrogen) atoms. The van der Waals surface area contributed by atoms with Crippen LogP contribution in [0.5, 0.6) is 0 Å². The van der Waals surface area contributed by atoms with E-state index in [1.165, 1.54) is 25.7 Å². The zero-order valence-corrected chi connectivity index (χ0v) is 20.0. The molecule has 4 heterocycles. The van der Waals surface area contributed by atoms with Crippen LogP contribution >= 0.6 is 0 Å². The van der Waals surface area contributed by atoms with Crippen molar-refractivity contribution in [2.75, 3.05) is 49.1 Å². The molecule has 0 saturated carbocycles. The van der Waals surface area contributed by atoms with Gasteiger partial charge in [0, 0.05) is 51.0 Å². The first-order valence-corrected chi connectivity index (χ1v) is 12.3. The van der Waals surface area contributed by atoms with Crippen molar-refractivity contribution in [1.29, 1.82) is 0 Å². The Morgan fingerprint density at radius 1 is 0.794 bits per heavy atom. The topological polar surface area (TPSA) is 216 Å². The maximum Gasteiger partial charge on any atom is 0.394 e. The first-order chi connectivity index (χ1) is 15.8. The molecule has 13 nitrogen and oxygen atoms in total. The van der Waals surface area contributed by atoms with Gasteiger partial charge >= 0.3 is 10.4 Å². The van der Waals surface area contributed by atoms with Gasteiger partial charge in [0.05, 0.1) is 0 Å². The van der Waals surface area contributed by atoms with E-state index in [9.17, 15) is 0 Å². The van der Waals surface area contributed by atoms with E-state index >= 15 is 0 Å². The molecule has 2 aromatic rings. The maximum atomic E-state index is 8.74. The SMILES string of the molecule is NCC1CCCN(c2ncccn2)C1.NCC1CCCN(c2ncccn2)C1.O.O=S(=O)(O)O. The summed E-state index contributed by atoms with van der Waals surface area (Å²) in [6, 6.07) is 3.68. The van der Waals surface area contributed by atoms with Crippen molar-refractivity contribution in [3.05, 3.63) is 36.9 Å². The number of piperidine rings is 2. The average molecular weight is 501 g/mol. The summed E-state index contributed by atoms with van der Waals surface area (Å²) in [6.07, 6.45) is 12.0. The summed E-state index contributed by atoms with van der Waals surface area (Å²) in [5.74, 6) is 2.89. The molecule has 0 bridgehead atoms. The minimum Gasteiger partial charge on any atom is -0.412 e. The molecule has 2 saturated heterocycles. The van der Waals surface area contributed by atoms with E-state index in [0.29, 0.717) is 11.8 Å². The summed E-state index contributed by atoms with van der Waals surface area (Å²) in [6.45, 7) is 5.65. The number of hydrogen-bond acceptors (Lipinski definition) is 10. The minimum absolute atomic E-state index is 0. The Kier molecular flexibility index (Phi) is 13.4. The summed E-state index contributed by atoms with van der Waals surface area (Å²) >= 11 is 0. The number of nitrogens with zero attached hydrogens (tertiary/aromatic N) is 6. The third-order valence-corrected chi connectivity index (χ3v) is 5.37. The fourth-order valence-corrected chi connectivity index (χ4v) is 3.79. The van der Waals surface area contributed by atoms with Crippen molar-refractivity contribution < 1.29 is 23.0 Å². The lowest BCUT2D eigenvalue weighted by atomic mass is 9.99. The molecule has 2 fully saturated rings. The molecular formula is C20H36N8O5S. The second kappa shape index (κ2) is 15.4. The summed E-state index contributed by atoms with van der Waals surface area (Å²) in [5.41, 5.74) is 11.4. The van der Waals surface area contributed by atoms with Gasteiger partial charge in [-0.05, 0) is 62.7 Å². The number of nitrogens with two attached hydrogens (primary N) is 2. The van der Waals surface area contributed by atoms with Gasteiger partial charge in [-0.25, -0.2) is 19.9 Å². The molecule has 4 rings (SSSR count). The van der Waals surface area contributed by atoms with Crippen LogP contribution in [0.4, 0.5) is 11.9 Å². The largest absolute Gasteiger partial charge is 0.412 e. The van der Waals surface area contributed by atoms with Gasteiger partial charge < -0.3 is 26.7 Å². The minimum atomic E-state index is -4.67. The summed E-state index contributed by atoms with van der Waals surface area (Å²) in [5, 5.41) is 0. The number of rotatable bonds is 4.